The van der Waals surface area contributed by atoms with Gasteiger partial charge >= 0.3 is 5.97 Å². The highest BCUT2D eigenvalue weighted by Gasteiger charge is 2.26. The quantitative estimate of drug-likeness (QED) is 0.178. The van der Waals surface area contributed by atoms with Crippen molar-refractivity contribution in [2.45, 2.75) is 0 Å². The molecule has 4 aromatic rings. The molecule has 0 saturated carbocycles. The van der Waals surface area contributed by atoms with Crippen LogP contribution in [0.25, 0.3) is 10.9 Å². The number of piperazine rings is 1. The number of aromatic hydroxyl groups is 1. The average molecular weight is 616 g/mol. The van der Waals surface area contributed by atoms with Crippen molar-refractivity contribution in [1.82, 2.24) is 14.4 Å². The summed E-state index contributed by atoms with van der Waals surface area (Å²) in [5, 5.41) is 12.0. The summed E-state index contributed by atoms with van der Waals surface area (Å²) in [5.41, 5.74) is 3.23. The zero-order chi connectivity index (χ0) is 31.4. The Labute approximate surface area is 260 Å². The molecule has 228 valence electrons. The topological polar surface area (TPSA) is 108 Å². The molecule has 5 rings (SSSR count). The van der Waals surface area contributed by atoms with Gasteiger partial charge in [-0.15, -0.1) is 11.6 Å². The Morgan fingerprint density at radius 2 is 1.64 bits per heavy atom. The fourth-order valence-corrected chi connectivity index (χ4v) is 5.37. The van der Waals surface area contributed by atoms with Gasteiger partial charge in [0.05, 0.1) is 41.7 Å². The van der Waals surface area contributed by atoms with Gasteiger partial charge in [-0.25, -0.2) is 14.4 Å². The third kappa shape index (κ3) is 6.37. The molecule has 3 aromatic carbocycles. The molecule has 44 heavy (non-hydrogen) atoms. The van der Waals surface area contributed by atoms with E-state index in [-0.39, 0.29) is 23.2 Å². The number of likely N-dealkylation sites (N-methyl/N-ethyl adjacent to an activating group) is 2. The fourth-order valence-electron chi connectivity index (χ4n) is 5.25. The van der Waals surface area contributed by atoms with Crippen molar-refractivity contribution in [2.75, 3.05) is 64.7 Å². The summed E-state index contributed by atoms with van der Waals surface area (Å²) >= 11 is 5.91. The Morgan fingerprint density at radius 1 is 0.955 bits per heavy atom. The summed E-state index contributed by atoms with van der Waals surface area (Å²) in [4.78, 5) is 49.1. The number of anilines is 1. The van der Waals surface area contributed by atoms with Crippen LogP contribution in [0, 0.1) is 0 Å². The number of hydrogen-bond donors (Lipinski definition) is 1. The first-order chi connectivity index (χ1) is 21.2. The van der Waals surface area contributed by atoms with Crippen LogP contribution in [-0.2, 0) is 9.53 Å². The van der Waals surface area contributed by atoms with Crippen LogP contribution in [-0.4, -0.2) is 103 Å². The standard InChI is InChI=1S/C33H34ClN5O5/c1-36-15-17-38(18-16-36)21-29(41)37(2)25-12-10-24(11-13-25)35-31(22-7-5-4-6-8-22)30-26-14-9-23(33(43)44-3)19-27(26)39(32(30)42)28(40)20-34/h4-14,19,42H,15-18,20-21H2,1-3H3. The number of carbonyl (C=O) groups excluding carboxylic acids is 3. The molecular weight excluding hydrogens is 582 g/mol. The van der Waals surface area contributed by atoms with Crippen LogP contribution in [0.15, 0.2) is 77.8 Å². The molecule has 0 bridgehead atoms. The number of alkyl halides is 1. The molecule has 0 spiro atoms. The number of fused-ring (bicyclic) bond motifs is 1. The lowest BCUT2D eigenvalue weighted by atomic mass is 10.00. The highest BCUT2D eigenvalue weighted by atomic mass is 35.5. The van der Waals surface area contributed by atoms with Crippen molar-refractivity contribution in [2.24, 2.45) is 4.99 Å². The molecular formula is C33H34ClN5O5. The smallest absolute Gasteiger partial charge is 0.337 e. The van der Waals surface area contributed by atoms with Gasteiger partial charge in [-0.3, -0.25) is 14.5 Å². The van der Waals surface area contributed by atoms with E-state index in [1.165, 1.54) is 13.2 Å². The number of amides is 1. The number of methoxy groups -OCH3 is 1. The lowest BCUT2D eigenvalue weighted by Crippen LogP contribution is -2.48. The van der Waals surface area contributed by atoms with Crippen molar-refractivity contribution in [3.63, 3.8) is 0 Å². The summed E-state index contributed by atoms with van der Waals surface area (Å²) in [6, 6.07) is 21.2. The Morgan fingerprint density at radius 3 is 2.27 bits per heavy atom. The van der Waals surface area contributed by atoms with Crippen LogP contribution in [0.5, 0.6) is 5.88 Å². The first-order valence-electron chi connectivity index (χ1n) is 14.2. The molecule has 1 aromatic heterocycles. The van der Waals surface area contributed by atoms with E-state index in [2.05, 4.69) is 16.8 Å². The number of esters is 1. The van der Waals surface area contributed by atoms with Gasteiger partial charge in [-0.05, 0) is 43.4 Å². The third-order valence-electron chi connectivity index (χ3n) is 7.82. The first kappa shape index (κ1) is 30.9. The van der Waals surface area contributed by atoms with Crippen LogP contribution in [0.3, 0.4) is 0 Å². The molecule has 0 unspecified atom stereocenters. The van der Waals surface area contributed by atoms with Crippen LogP contribution in [0.1, 0.15) is 26.3 Å². The van der Waals surface area contributed by atoms with Crippen LogP contribution < -0.4 is 4.90 Å². The van der Waals surface area contributed by atoms with E-state index in [1.807, 2.05) is 42.5 Å². The van der Waals surface area contributed by atoms with Gasteiger partial charge < -0.3 is 19.6 Å². The van der Waals surface area contributed by atoms with E-state index in [0.717, 1.165) is 36.4 Å². The van der Waals surface area contributed by atoms with Crippen LogP contribution in [0.2, 0.25) is 0 Å². The molecule has 0 atom stereocenters. The van der Waals surface area contributed by atoms with E-state index < -0.39 is 11.9 Å². The third-order valence-corrected chi connectivity index (χ3v) is 8.05. The van der Waals surface area contributed by atoms with E-state index in [1.54, 1.807) is 36.2 Å². The Kier molecular flexibility index (Phi) is 9.43. The second-order valence-corrected chi connectivity index (χ2v) is 10.9. The molecule has 1 aliphatic rings. The lowest BCUT2D eigenvalue weighted by Gasteiger charge is -2.32. The first-order valence-corrected chi connectivity index (χ1v) is 14.7. The highest BCUT2D eigenvalue weighted by molar-refractivity contribution is 6.29. The maximum absolute atomic E-state index is 13.0. The van der Waals surface area contributed by atoms with Gasteiger partial charge in [0.1, 0.15) is 5.88 Å². The summed E-state index contributed by atoms with van der Waals surface area (Å²) in [6.45, 7) is 3.94. The molecule has 1 N–H and O–H groups in total. The van der Waals surface area contributed by atoms with Crippen LogP contribution in [0.4, 0.5) is 11.4 Å². The van der Waals surface area contributed by atoms with Crippen molar-refractivity contribution in [1.29, 1.82) is 0 Å². The maximum Gasteiger partial charge on any atom is 0.337 e. The zero-order valence-corrected chi connectivity index (χ0v) is 25.6. The number of halogens is 1. The number of nitrogens with zero attached hydrogens (tertiary/aromatic N) is 5. The van der Waals surface area contributed by atoms with Crippen molar-refractivity contribution in [3.8, 4) is 5.88 Å². The minimum atomic E-state index is -0.581. The number of hydrogen-bond acceptors (Lipinski definition) is 8. The SMILES string of the molecule is COC(=O)c1ccc2c(C(=Nc3ccc(N(C)C(=O)CN4CCN(C)CC4)cc3)c3ccccc3)c(O)n(C(=O)CCl)c2c1. The van der Waals surface area contributed by atoms with E-state index in [0.29, 0.717) is 40.0 Å². The number of carbonyl (C=O) groups is 3. The number of rotatable bonds is 8. The number of benzene rings is 3. The van der Waals surface area contributed by atoms with Gasteiger partial charge in [-0.1, -0.05) is 36.4 Å². The second-order valence-electron chi connectivity index (χ2n) is 10.7. The predicted octanol–water partition coefficient (Wildman–Crippen LogP) is 4.39. The van der Waals surface area contributed by atoms with Crippen molar-refractivity contribution in [3.05, 3.63) is 89.5 Å². The molecule has 0 aliphatic carbocycles. The van der Waals surface area contributed by atoms with E-state index >= 15 is 0 Å². The summed E-state index contributed by atoms with van der Waals surface area (Å²) in [5.74, 6) is -1.88. The van der Waals surface area contributed by atoms with Gasteiger partial charge in [0, 0.05) is 49.9 Å². The largest absolute Gasteiger partial charge is 0.494 e. The summed E-state index contributed by atoms with van der Waals surface area (Å²) < 4.78 is 5.94. The minimum absolute atomic E-state index is 0.00351. The molecule has 0 radical (unpaired) electrons. The molecule has 2 heterocycles. The maximum atomic E-state index is 13.0. The Balaban J connectivity index is 1.54. The van der Waals surface area contributed by atoms with Crippen LogP contribution >= 0.6 is 11.6 Å². The summed E-state index contributed by atoms with van der Waals surface area (Å²) in [6.07, 6.45) is 0. The molecule has 1 amide bonds. The Hall–Kier alpha value is -4.51. The molecule has 10 nitrogen and oxygen atoms in total. The van der Waals surface area contributed by atoms with Gasteiger partial charge in [-0.2, -0.15) is 0 Å². The zero-order valence-electron chi connectivity index (χ0n) is 24.9. The van der Waals surface area contributed by atoms with E-state index in [9.17, 15) is 19.5 Å². The number of ether oxygens (including phenoxy) is 1. The molecule has 1 saturated heterocycles. The van der Waals surface area contributed by atoms with Gasteiger partial charge in [0.25, 0.3) is 0 Å². The minimum Gasteiger partial charge on any atom is -0.494 e. The van der Waals surface area contributed by atoms with E-state index in [4.69, 9.17) is 21.3 Å². The second kappa shape index (κ2) is 13.4. The molecule has 1 fully saturated rings. The normalized spacial score (nSPS) is 14.5. The Bertz CT molecular complexity index is 1710. The van der Waals surface area contributed by atoms with Crippen molar-refractivity contribution < 1.29 is 24.2 Å². The highest BCUT2D eigenvalue weighted by Crippen LogP contribution is 2.36. The summed E-state index contributed by atoms with van der Waals surface area (Å²) in [7, 11) is 5.11. The molecule has 11 heteroatoms. The predicted molar refractivity (Wildman–Crippen MR) is 172 cm³/mol. The van der Waals surface area contributed by atoms with Gasteiger partial charge in [0.2, 0.25) is 17.7 Å². The number of aliphatic imine (C=N–C) groups is 1. The fraction of sp³-hybridized carbons (Fsp3) is 0.273. The average Bonchev–Trinajstić information content (AvgIpc) is 3.34. The van der Waals surface area contributed by atoms with Gasteiger partial charge in [0.15, 0.2) is 0 Å². The lowest BCUT2D eigenvalue weighted by molar-refractivity contribution is -0.119. The molecule has 1 aliphatic heterocycles. The number of aromatic nitrogens is 1. The monoisotopic (exact) mass is 615 g/mol. The van der Waals surface area contributed by atoms with Crippen molar-refractivity contribution >= 4 is 57.4 Å².